The van der Waals surface area contributed by atoms with E-state index < -0.39 is 6.04 Å². The monoisotopic (exact) mass is 340 g/mol. The average Bonchev–Trinajstić information content (AvgIpc) is 3.27. The molecule has 4 rings (SSSR count). The van der Waals surface area contributed by atoms with Crippen LogP contribution in [0.1, 0.15) is 61.4 Å². The number of H-pyrrole nitrogens is 1. The predicted octanol–water partition coefficient (Wildman–Crippen LogP) is 2.75. The molecular weight excluding hydrogens is 316 g/mol. The third-order valence-electron chi connectivity index (χ3n) is 5.43. The summed E-state index contributed by atoms with van der Waals surface area (Å²) >= 11 is 0. The molecule has 1 aliphatic heterocycles. The van der Waals surface area contributed by atoms with Gasteiger partial charge in [-0.1, -0.05) is 26.2 Å². The highest BCUT2D eigenvalue weighted by molar-refractivity contribution is 6.10. The first kappa shape index (κ1) is 16.1. The van der Waals surface area contributed by atoms with Gasteiger partial charge < -0.3 is 15.2 Å². The van der Waals surface area contributed by atoms with E-state index in [1.54, 1.807) is 17.3 Å². The fourth-order valence-electron chi connectivity index (χ4n) is 4.16. The second kappa shape index (κ2) is 6.50. The molecule has 1 atom stereocenters. The van der Waals surface area contributed by atoms with Crippen molar-refractivity contribution in [3.05, 3.63) is 29.6 Å². The summed E-state index contributed by atoms with van der Waals surface area (Å²) < 4.78 is 0. The molecule has 1 aliphatic carbocycles. The summed E-state index contributed by atoms with van der Waals surface area (Å²) in [6.45, 7) is 2.52. The predicted molar refractivity (Wildman–Crippen MR) is 95.1 cm³/mol. The highest BCUT2D eigenvalue weighted by Gasteiger charge is 2.36. The van der Waals surface area contributed by atoms with Crippen LogP contribution in [0.3, 0.4) is 0 Å². The molecule has 132 valence electrons. The smallest absolute Gasteiger partial charge is 0.257 e. The van der Waals surface area contributed by atoms with Gasteiger partial charge in [0.1, 0.15) is 11.7 Å². The highest BCUT2D eigenvalue weighted by Crippen LogP contribution is 2.30. The maximum Gasteiger partial charge on any atom is 0.257 e. The van der Waals surface area contributed by atoms with Crippen molar-refractivity contribution >= 4 is 22.8 Å². The number of rotatable bonds is 5. The van der Waals surface area contributed by atoms with Crippen LogP contribution in [-0.2, 0) is 11.3 Å². The van der Waals surface area contributed by atoms with E-state index in [2.05, 4.69) is 22.2 Å². The molecular formula is C19H24N4O2. The SMILES string of the molecule is CCCC(C(=O)NC1CCCC1)N1Cc2ccnc3[nH]cc(c23)C1=O. The van der Waals surface area contributed by atoms with Gasteiger partial charge in [-0.25, -0.2) is 4.98 Å². The van der Waals surface area contributed by atoms with Crippen LogP contribution >= 0.6 is 0 Å². The summed E-state index contributed by atoms with van der Waals surface area (Å²) in [5, 5.41) is 4.07. The Morgan fingerprint density at radius 1 is 1.44 bits per heavy atom. The van der Waals surface area contributed by atoms with Gasteiger partial charge in [-0.15, -0.1) is 0 Å². The molecule has 0 radical (unpaired) electrons. The first-order valence-corrected chi connectivity index (χ1v) is 9.25. The normalized spacial score (nSPS) is 18.8. The summed E-state index contributed by atoms with van der Waals surface area (Å²) in [5.74, 6) is -0.0850. The van der Waals surface area contributed by atoms with Crippen molar-refractivity contribution < 1.29 is 9.59 Å². The van der Waals surface area contributed by atoms with E-state index >= 15 is 0 Å². The van der Waals surface area contributed by atoms with E-state index in [0.29, 0.717) is 18.5 Å². The van der Waals surface area contributed by atoms with E-state index in [9.17, 15) is 9.59 Å². The lowest BCUT2D eigenvalue weighted by Gasteiger charge is -2.34. The molecule has 0 spiro atoms. The lowest BCUT2D eigenvalue weighted by Crippen LogP contribution is -2.51. The van der Waals surface area contributed by atoms with Crippen LogP contribution in [0.5, 0.6) is 0 Å². The Kier molecular flexibility index (Phi) is 4.19. The molecule has 25 heavy (non-hydrogen) atoms. The van der Waals surface area contributed by atoms with E-state index in [4.69, 9.17) is 0 Å². The lowest BCUT2D eigenvalue weighted by molar-refractivity contribution is -0.126. The minimum atomic E-state index is -0.413. The molecule has 1 saturated carbocycles. The summed E-state index contributed by atoms with van der Waals surface area (Å²) in [6, 6.07) is 1.79. The Labute approximate surface area is 147 Å². The largest absolute Gasteiger partial charge is 0.352 e. The third-order valence-corrected chi connectivity index (χ3v) is 5.43. The van der Waals surface area contributed by atoms with Gasteiger partial charge in [0.25, 0.3) is 5.91 Å². The minimum Gasteiger partial charge on any atom is -0.352 e. The zero-order valence-corrected chi connectivity index (χ0v) is 14.5. The van der Waals surface area contributed by atoms with E-state index in [1.165, 1.54) is 12.8 Å². The number of aromatic amines is 1. The molecule has 2 aliphatic rings. The number of nitrogens with zero attached hydrogens (tertiary/aromatic N) is 2. The quantitative estimate of drug-likeness (QED) is 0.878. The molecule has 0 saturated heterocycles. The third kappa shape index (κ3) is 2.79. The van der Waals surface area contributed by atoms with Gasteiger partial charge in [-0.05, 0) is 30.9 Å². The molecule has 2 amide bonds. The van der Waals surface area contributed by atoms with Gasteiger partial charge in [0.15, 0.2) is 0 Å². The number of hydrogen-bond acceptors (Lipinski definition) is 3. The number of carbonyl (C=O) groups excluding carboxylic acids is 2. The summed E-state index contributed by atoms with van der Waals surface area (Å²) in [4.78, 5) is 35.0. The molecule has 1 fully saturated rings. The molecule has 6 nitrogen and oxygen atoms in total. The van der Waals surface area contributed by atoms with Gasteiger partial charge in [0, 0.05) is 30.4 Å². The molecule has 1 unspecified atom stereocenters. The highest BCUT2D eigenvalue weighted by atomic mass is 16.2. The van der Waals surface area contributed by atoms with Crippen molar-refractivity contribution in [2.45, 2.75) is 64.1 Å². The minimum absolute atomic E-state index is 0.00798. The number of pyridine rings is 1. The first-order valence-electron chi connectivity index (χ1n) is 9.25. The Morgan fingerprint density at radius 3 is 3.00 bits per heavy atom. The molecule has 0 aromatic carbocycles. The van der Waals surface area contributed by atoms with Crippen LogP contribution in [0.2, 0.25) is 0 Å². The Bertz CT molecular complexity index is 807. The number of carbonyl (C=O) groups is 2. The molecule has 2 aromatic rings. The molecule has 0 bridgehead atoms. The van der Waals surface area contributed by atoms with Crippen molar-refractivity contribution in [3.63, 3.8) is 0 Å². The fraction of sp³-hybridized carbons (Fsp3) is 0.526. The zero-order valence-electron chi connectivity index (χ0n) is 14.5. The van der Waals surface area contributed by atoms with E-state index in [1.807, 2.05) is 6.07 Å². The topological polar surface area (TPSA) is 78.1 Å². The van der Waals surface area contributed by atoms with Crippen molar-refractivity contribution in [1.29, 1.82) is 0 Å². The number of nitrogens with one attached hydrogen (secondary N) is 2. The van der Waals surface area contributed by atoms with Crippen LogP contribution in [0.4, 0.5) is 0 Å². The van der Waals surface area contributed by atoms with Gasteiger partial charge in [-0.2, -0.15) is 0 Å². The number of aromatic nitrogens is 2. The Hall–Kier alpha value is -2.37. The summed E-state index contributed by atoms with van der Waals surface area (Å²) in [7, 11) is 0. The number of amides is 2. The van der Waals surface area contributed by atoms with Gasteiger partial charge in [0.05, 0.1) is 5.56 Å². The van der Waals surface area contributed by atoms with Crippen LogP contribution in [0, 0.1) is 0 Å². The Morgan fingerprint density at radius 2 is 2.24 bits per heavy atom. The van der Waals surface area contributed by atoms with E-state index in [0.717, 1.165) is 35.9 Å². The zero-order chi connectivity index (χ0) is 17.4. The van der Waals surface area contributed by atoms with Gasteiger partial charge >= 0.3 is 0 Å². The summed E-state index contributed by atoms with van der Waals surface area (Å²) in [5.41, 5.74) is 2.41. The molecule has 2 N–H and O–H groups in total. The van der Waals surface area contributed by atoms with Crippen LogP contribution in [-0.4, -0.2) is 38.8 Å². The molecule has 3 heterocycles. The van der Waals surface area contributed by atoms with Crippen molar-refractivity contribution in [1.82, 2.24) is 20.2 Å². The van der Waals surface area contributed by atoms with Crippen LogP contribution in [0.25, 0.3) is 11.0 Å². The van der Waals surface area contributed by atoms with Crippen molar-refractivity contribution in [2.75, 3.05) is 0 Å². The number of hydrogen-bond donors (Lipinski definition) is 2. The van der Waals surface area contributed by atoms with E-state index in [-0.39, 0.29) is 17.9 Å². The van der Waals surface area contributed by atoms with Gasteiger partial charge in [0.2, 0.25) is 5.91 Å². The fourth-order valence-corrected chi connectivity index (χ4v) is 4.16. The van der Waals surface area contributed by atoms with Gasteiger partial charge in [-0.3, -0.25) is 9.59 Å². The maximum atomic E-state index is 13.0. The first-order chi connectivity index (χ1) is 12.2. The van der Waals surface area contributed by atoms with Crippen molar-refractivity contribution in [3.8, 4) is 0 Å². The maximum absolute atomic E-state index is 13.0. The average molecular weight is 340 g/mol. The molecule has 6 heteroatoms. The van der Waals surface area contributed by atoms with Crippen LogP contribution < -0.4 is 5.32 Å². The standard InChI is InChI=1S/C19H24N4O2/c1-2-5-15(18(24)22-13-6-3-4-7-13)23-11-12-8-9-20-17-16(12)14(10-21-17)19(23)25/h8-10,13,15H,2-7,11H2,1H3,(H,20,21)(H,22,24). The summed E-state index contributed by atoms with van der Waals surface area (Å²) in [6.07, 6.45) is 9.45. The van der Waals surface area contributed by atoms with Crippen molar-refractivity contribution in [2.24, 2.45) is 0 Å². The van der Waals surface area contributed by atoms with Crippen LogP contribution in [0.15, 0.2) is 18.5 Å². The molecule has 2 aromatic heterocycles. The second-order valence-corrected chi connectivity index (χ2v) is 7.12. The second-order valence-electron chi connectivity index (χ2n) is 7.12. The lowest BCUT2D eigenvalue weighted by atomic mass is 9.99. The Balaban J connectivity index is 1.61.